The summed E-state index contributed by atoms with van der Waals surface area (Å²) < 4.78 is 11.4. The van der Waals surface area contributed by atoms with Crippen LogP contribution in [-0.2, 0) is 32.0 Å². The van der Waals surface area contributed by atoms with Gasteiger partial charge < -0.3 is 15.2 Å². The van der Waals surface area contributed by atoms with Crippen LogP contribution in [0.25, 0.3) is 10.9 Å². The zero-order valence-electron chi connectivity index (χ0n) is 20.7. The number of aromatic amines is 1. The van der Waals surface area contributed by atoms with Gasteiger partial charge in [0.05, 0.1) is 18.5 Å². The second-order valence-corrected chi connectivity index (χ2v) is 8.69. The number of nitrogens with two attached hydrogens (primary N) is 1. The largest absolute Gasteiger partial charge is 0.456 e. The number of para-hydroxylation sites is 1. The zero-order chi connectivity index (χ0) is 26.2. The smallest absolute Gasteiger partial charge is 0.330 e. The van der Waals surface area contributed by atoms with Gasteiger partial charge in [-0.15, -0.1) is 0 Å². The summed E-state index contributed by atoms with van der Waals surface area (Å²) in [6.45, 7) is 3.49. The number of carbonyl (C=O) groups excluding carboxylic acids is 2. The Morgan fingerprint density at radius 2 is 1.92 bits per heavy atom. The maximum Gasteiger partial charge on any atom is 0.330 e. The Kier molecular flexibility index (Phi) is 8.96. The van der Waals surface area contributed by atoms with Gasteiger partial charge in [0.2, 0.25) is 0 Å². The molecule has 0 atom stereocenters. The second-order valence-electron chi connectivity index (χ2n) is 8.69. The lowest BCUT2D eigenvalue weighted by atomic mass is 10.1. The van der Waals surface area contributed by atoms with Crippen molar-refractivity contribution in [1.29, 1.82) is 0 Å². The number of nitrogen functional groups attached to an aromatic ring is 1. The SMILES string of the molecule is COCCN(C(=O)COC(=O)CCc1ccc2ccccc2n1)c1c(N)n(CC(C)C)c(=O)[nH]c1=O. The third-order valence-electron chi connectivity index (χ3n) is 5.45. The minimum Gasteiger partial charge on any atom is -0.456 e. The molecule has 0 aliphatic carbocycles. The molecule has 1 aromatic carbocycles. The molecule has 0 spiro atoms. The van der Waals surface area contributed by atoms with Gasteiger partial charge in [0.15, 0.2) is 12.3 Å². The maximum atomic E-state index is 13.0. The van der Waals surface area contributed by atoms with Crippen LogP contribution in [0.1, 0.15) is 26.0 Å². The van der Waals surface area contributed by atoms with Crippen LogP contribution < -0.4 is 21.9 Å². The number of H-pyrrole nitrogens is 1. The highest BCUT2D eigenvalue weighted by atomic mass is 16.5. The van der Waals surface area contributed by atoms with Crippen molar-refractivity contribution in [2.75, 3.05) is 37.5 Å². The monoisotopic (exact) mass is 497 g/mol. The number of hydrogen-bond donors (Lipinski definition) is 2. The molecule has 0 fully saturated rings. The summed E-state index contributed by atoms with van der Waals surface area (Å²) in [6.07, 6.45) is 0.372. The molecule has 0 bridgehead atoms. The fourth-order valence-corrected chi connectivity index (χ4v) is 3.70. The molecule has 11 heteroatoms. The molecule has 0 radical (unpaired) electrons. The number of rotatable bonds is 11. The van der Waals surface area contributed by atoms with Gasteiger partial charge >= 0.3 is 11.7 Å². The van der Waals surface area contributed by atoms with Crippen LogP contribution in [0, 0.1) is 5.92 Å². The van der Waals surface area contributed by atoms with Crippen molar-refractivity contribution in [2.24, 2.45) is 5.92 Å². The third kappa shape index (κ3) is 6.57. The molecule has 2 heterocycles. The Labute approximate surface area is 207 Å². The lowest BCUT2D eigenvalue weighted by Gasteiger charge is -2.24. The molecule has 2 aromatic heterocycles. The van der Waals surface area contributed by atoms with Crippen molar-refractivity contribution in [1.82, 2.24) is 14.5 Å². The highest BCUT2D eigenvalue weighted by molar-refractivity contribution is 5.97. The number of aryl methyl sites for hydroxylation is 1. The number of pyridine rings is 1. The van der Waals surface area contributed by atoms with Crippen molar-refractivity contribution >= 4 is 34.3 Å². The number of anilines is 2. The Morgan fingerprint density at radius 1 is 1.17 bits per heavy atom. The quantitative estimate of drug-likeness (QED) is 0.378. The van der Waals surface area contributed by atoms with Crippen LogP contribution in [-0.4, -0.2) is 53.3 Å². The fourth-order valence-electron chi connectivity index (χ4n) is 3.70. The van der Waals surface area contributed by atoms with Crippen molar-refractivity contribution < 1.29 is 19.1 Å². The van der Waals surface area contributed by atoms with Gasteiger partial charge in [0.25, 0.3) is 11.5 Å². The summed E-state index contributed by atoms with van der Waals surface area (Å²) in [7, 11) is 1.44. The zero-order valence-corrected chi connectivity index (χ0v) is 20.7. The number of nitrogens with zero attached hydrogens (tertiary/aromatic N) is 3. The normalized spacial score (nSPS) is 11.1. The van der Waals surface area contributed by atoms with E-state index in [1.807, 2.05) is 50.2 Å². The standard InChI is InChI=1S/C25H31N5O6/c1-16(2)14-30-23(26)22(24(33)28-25(30)34)29(12-13-35-3)20(31)15-36-21(32)11-10-18-9-8-17-6-4-5-7-19(17)27-18/h4-9,16H,10-15,26H2,1-3H3,(H,28,33,34). The summed E-state index contributed by atoms with van der Waals surface area (Å²) in [5.74, 6) is -1.34. The van der Waals surface area contributed by atoms with Gasteiger partial charge in [-0.1, -0.05) is 38.1 Å². The predicted molar refractivity (Wildman–Crippen MR) is 136 cm³/mol. The first-order valence-electron chi connectivity index (χ1n) is 11.6. The Hall–Kier alpha value is -3.99. The van der Waals surface area contributed by atoms with E-state index in [9.17, 15) is 19.2 Å². The van der Waals surface area contributed by atoms with E-state index >= 15 is 0 Å². The molecular formula is C25H31N5O6. The molecule has 192 valence electrons. The predicted octanol–water partition coefficient (Wildman–Crippen LogP) is 1.48. The Balaban J connectivity index is 1.70. The molecule has 0 aliphatic heterocycles. The minimum absolute atomic E-state index is 0.0265. The first kappa shape index (κ1) is 26.6. The highest BCUT2D eigenvalue weighted by Crippen LogP contribution is 2.18. The summed E-state index contributed by atoms with van der Waals surface area (Å²) in [5.41, 5.74) is 6.04. The molecule has 0 saturated carbocycles. The van der Waals surface area contributed by atoms with Gasteiger partial charge in [-0.2, -0.15) is 0 Å². The number of carbonyl (C=O) groups is 2. The van der Waals surface area contributed by atoms with E-state index < -0.39 is 29.7 Å². The summed E-state index contributed by atoms with van der Waals surface area (Å²) in [4.78, 5) is 58.0. The van der Waals surface area contributed by atoms with Gasteiger partial charge in [0, 0.05) is 37.7 Å². The molecular weight excluding hydrogens is 466 g/mol. The van der Waals surface area contributed by atoms with Crippen molar-refractivity contribution in [2.45, 2.75) is 33.2 Å². The van der Waals surface area contributed by atoms with E-state index in [4.69, 9.17) is 15.2 Å². The average Bonchev–Trinajstić information content (AvgIpc) is 2.85. The molecule has 3 N–H and O–H groups in total. The highest BCUT2D eigenvalue weighted by Gasteiger charge is 2.25. The number of methoxy groups -OCH3 is 1. The van der Waals surface area contributed by atoms with Crippen LogP contribution in [0.2, 0.25) is 0 Å². The summed E-state index contributed by atoms with van der Waals surface area (Å²) >= 11 is 0. The number of fused-ring (bicyclic) bond motifs is 1. The van der Waals surface area contributed by atoms with Crippen molar-refractivity contribution in [3.05, 3.63) is 62.9 Å². The van der Waals surface area contributed by atoms with Crippen LogP contribution >= 0.6 is 0 Å². The lowest BCUT2D eigenvalue weighted by Crippen LogP contribution is -2.44. The first-order chi connectivity index (χ1) is 17.2. The summed E-state index contributed by atoms with van der Waals surface area (Å²) in [5, 5.41) is 1.000. The number of esters is 1. The molecule has 3 rings (SSSR count). The van der Waals surface area contributed by atoms with E-state index in [2.05, 4.69) is 9.97 Å². The number of amides is 1. The van der Waals surface area contributed by atoms with E-state index in [1.54, 1.807) is 0 Å². The third-order valence-corrected chi connectivity index (χ3v) is 5.45. The van der Waals surface area contributed by atoms with Crippen LogP contribution in [0.4, 0.5) is 11.5 Å². The average molecular weight is 498 g/mol. The van der Waals surface area contributed by atoms with E-state index in [0.717, 1.165) is 21.5 Å². The first-order valence-corrected chi connectivity index (χ1v) is 11.6. The van der Waals surface area contributed by atoms with Crippen LogP contribution in [0.15, 0.2) is 46.0 Å². The van der Waals surface area contributed by atoms with Gasteiger partial charge in [-0.25, -0.2) is 4.79 Å². The molecule has 0 saturated heterocycles. The summed E-state index contributed by atoms with van der Waals surface area (Å²) in [6, 6.07) is 11.4. The van der Waals surface area contributed by atoms with Crippen LogP contribution in [0.5, 0.6) is 0 Å². The van der Waals surface area contributed by atoms with E-state index in [0.29, 0.717) is 6.42 Å². The van der Waals surface area contributed by atoms with E-state index in [1.165, 1.54) is 11.7 Å². The fraction of sp³-hybridized carbons (Fsp3) is 0.400. The van der Waals surface area contributed by atoms with Gasteiger partial charge in [-0.05, 0) is 18.1 Å². The number of ether oxygens (including phenoxy) is 2. The molecule has 1 amide bonds. The number of aromatic nitrogens is 3. The molecule has 0 unspecified atom stereocenters. The maximum absolute atomic E-state index is 13.0. The van der Waals surface area contributed by atoms with Gasteiger partial charge in [-0.3, -0.25) is 33.8 Å². The van der Waals surface area contributed by atoms with Crippen LogP contribution in [0.3, 0.4) is 0 Å². The number of hydrogen-bond acceptors (Lipinski definition) is 8. The number of benzene rings is 1. The topological polar surface area (TPSA) is 150 Å². The molecule has 3 aromatic rings. The van der Waals surface area contributed by atoms with Gasteiger partial charge in [0.1, 0.15) is 5.82 Å². The second kappa shape index (κ2) is 12.1. The van der Waals surface area contributed by atoms with Crippen molar-refractivity contribution in [3.63, 3.8) is 0 Å². The lowest BCUT2D eigenvalue weighted by molar-refractivity contribution is -0.147. The minimum atomic E-state index is -0.810. The molecule has 36 heavy (non-hydrogen) atoms. The number of nitrogens with one attached hydrogen (secondary N) is 1. The Morgan fingerprint density at radius 3 is 2.64 bits per heavy atom. The van der Waals surface area contributed by atoms with E-state index in [-0.39, 0.29) is 43.5 Å². The Bertz CT molecular complexity index is 1350. The molecule has 11 nitrogen and oxygen atoms in total. The molecule has 0 aliphatic rings. The van der Waals surface area contributed by atoms with Crippen molar-refractivity contribution in [3.8, 4) is 0 Å².